The van der Waals surface area contributed by atoms with Gasteiger partial charge in [0.2, 0.25) is 5.91 Å². The summed E-state index contributed by atoms with van der Waals surface area (Å²) in [6.07, 6.45) is -0.0704. The maximum atomic E-state index is 12.4. The van der Waals surface area contributed by atoms with E-state index in [9.17, 15) is 19.5 Å². The fraction of sp³-hybridized carbons (Fsp3) is 0.571. The zero-order valence-corrected chi connectivity index (χ0v) is 17.9. The summed E-state index contributed by atoms with van der Waals surface area (Å²) in [5.74, 6) is 0.199. The van der Waals surface area contributed by atoms with E-state index in [-0.39, 0.29) is 30.2 Å². The summed E-state index contributed by atoms with van der Waals surface area (Å²) >= 11 is 0. The van der Waals surface area contributed by atoms with Crippen molar-refractivity contribution in [1.82, 2.24) is 15.5 Å². The fourth-order valence-electron chi connectivity index (χ4n) is 2.95. The molecular formula is C21H31N3O6. The molecule has 1 unspecified atom stereocenters. The van der Waals surface area contributed by atoms with Crippen LogP contribution in [0.15, 0.2) is 24.3 Å². The van der Waals surface area contributed by atoms with Gasteiger partial charge in [0.25, 0.3) is 5.91 Å². The van der Waals surface area contributed by atoms with E-state index in [1.807, 2.05) is 0 Å². The number of aromatic hydroxyl groups is 1. The number of hydrogen-bond donors (Lipinski definition) is 3. The van der Waals surface area contributed by atoms with Crippen LogP contribution in [0.25, 0.3) is 0 Å². The van der Waals surface area contributed by atoms with E-state index in [0.29, 0.717) is 31.7 Å². The second-order valence-corrected chi connectivity index (χ2v) is 8.27. The summed E-state index contributed by atoms with van der Waals surface area (Å²) in [4.78, 5) is 37.9. The Morgan fingerprint density at radius 2 is 1.77 bits per heavy atom. The molecular weight excluding hydrogens is 390 g/mol. The van der Waals surface area contributed by atoms with Crippen LogP contribution in [0, 0.1) is 0 Å². The average molecular weight is 421 g/mol. The lowest BCUT2D eigenvalue weighted by Crippen LogP contribution is -2.51. The number of piperidine rings is 1. The first-order chi connectivity index (χ1) is 14.0. The second kappa shape index (κ2) is 10.2. The molecule has 166 valence electrons. The highest BCUT2D eigenvalue weighted by molar-refractivity contribution is 5.83. The lowest BCUT2D eigenvalue weighted by Gasteiger charge is -2.33. The van der Waals surface area contributed by atoms with Gasteiger partial charge in [-0.3, -0.25) is 9.59 Å². The first-order valence-corrected chi connectivity index (χ1v) is 10.0. The Balaban J connectivity index is 1.70. The van der Waals surface area contributed by atoms with Crippen LogP contribution in [0.1, 0.15) is 40.5 Å². The molecule has 3 amide bonds. The third-order valence-corrected chi connectivity index (χ3v) is 4.50. The van der Waals surface area contributed by atoms with Crippen LogP contribution in [-0.2, 0) is 14.3 Å². The molecule has 0 aromatic heterocycles. The molecule has 1 atom stereocenters. The van der Waals surface area contributed by atoms with Gasteiger partial charge in [0.15, 0.2) is 6.10 Å². The molecule has 1 aliphatic heterocycles. The van der Waals surface area contributed by atoms with E-state index in [1.54, 1.807) is 44.7 Å². The normalized spacial score (nSPS) is 15.8. The standard InChI is InChI=1S/C21H31N3O6/c1-14(29-17-7-5-16(25)6-8-17)19(27)23-15-9-11-24(12-10-15)18(26)13-22-20(28)30-21(2,3)4/h5-8,14-15,25H,9-13H2,1-4H3,(H,22,28)(H,23,27). The Hall–Kier alpha value is -2.97. The summed E-state index contributed by atoms with van der Waals surface area (Å²) in [5, 5.41) is 14.7. The van der Waals surface area contributed by atoms with Crippen LogP contribution in [0.2, 0.25) is 0 Å². The van der Waals surface area contributed by atoms with Crippen molar-refractivity contribution < 1.29 is 29.0 Å². The Morgan fingerprint density at radius 3 is 2.33 bits per heavy atom. The average Bonchev–Trinajstić information content (AvgIpc) is 2.67. The SMILES string of the molecule is CC(Oc1ccc(O)cc1)C(=O)NC1CCN(C(=O)CNC(=O)OC(C)(C)C)CC1. The number of alkyl carbamates (subject to hydrolysis) is 1. The third kappa shape index (κ3) is 7.81. The molecule has 0 saturated carbocycles. The number of benzene rings is 1. The molecule has 9 heteroatoms. The zero-order valence-electron chi connectivity index (χ0n) is 17.9. The minimum atomic E-state index is -0.688. The Morgan fingerprint density at radius 1 is 1.17 bits per heavy atom. The van der Waals surface area contributed by atoms with E-state index in [4.69, 9.17) is 9.47 Å². The van der Waals surface area contributed by atoms with Crippen LogP contribution >= 0.6 is 0 Å². The Bertz CT molecular complexity index is 736. The van der Waals surface area contributed by atoms with Crippen LogP contribution in [0.3, 0.4) is 0 Å². The highest BCUT2D eigenvalue weighted by Crippen LogP contribution is 2.17. The summed E-state index contributed by atoms with van der Waals surface area (Å²) in [6, 6.07) is 6.11. The largest absolute Gasteiger partial charge is 0.508 e. The number of carbonyl (C=O) groups excluding carboxylic acids is 3. The second-order valence-electron chi connectivity index (χ2n) is 8.27. The van der Waals surface area contributed by atoms with Crippen LogP contribution < -0.4 is 15.4 Å². The summed E-state index contributed by atoms with van der Waals surface area (Å²) in [7, 11) is 0. The van der Waals surface area contributed by atoms with Gasteiger partial charge < -0.3 is 30.1 Å². The number of ether oxygens (including phenoxy) is 2. The maximum Gasteiger partial charge on any atom is 0.408 e. The quantitative estimate of drug-likeness (QED) is 0.645. The van der Waals surface area contributed by atoms with Gasteiger partial charge in [-0.15, -0.1) is 0 Å². The Labute approximate surface area is 176 Å². The molecule has 0 spiro atoms. The third-order valence-electron chi connectivity index (χ3n) is 4.50. The summed E-state index contributed by atoms with van der Waals surface area (Å²) < 4.78 is 10.7. The molecule has 1 aromatic rings. The van der Waals surface area contributed by atoms with Crippen LogP contribution in [-0.4, -0.2) is 65.3 Å². The molecule has 1 aliphatic rings. The molecule has 0 aliphatic carbocycles. The molecule has 2 rings (SSSR count). The van der Waals surface area contributed by atoms with Crippen molar-refractivity contribution in [3.63, 3.8) is 0 Å². The highest BCUT2D eigenvalue weighted by Gasteiger charge is 2.26. The van der Waals surface area contributed by atoms with Crippen LogP contribution in [0.4, 0.5) is 4.79 Å². The molecule has 1 saturated heterocycles. The molecule has 0 bridgehead atoms. The molecule has 9 nitrogen and oxygen atoms in total. The fourth-order valence-corrected chi connectivity index (χ4v) is 2.95. The predicted molar refractivity (Wildman–Crippen MR) is 110 cm³/mol. The Kier molecular flexibility index (Phi) is 7.91. The van der Waals surface area contributed by atoms with Crippen molar-refractivity contribution in [3.05, 3.63) is 24.3 Å². The van der Waals surface area contributed by atoms with Crippen molar-refractivity contribution in [1.29, 1.82) is 0 Å². The van der Waals surface area contributed by atoms with E-state index in [1.165, 1.54) is 12.1 Å². The lowest BCUT2D eigenvalue weighted by molar-refractivity contribution is -0.132. The zero-order chi connectivity index (χ0) is 22.3. The minimum Gasteiger partial charge on any atom is -0.508 e. The van der Waals surface area contributed by atoms with E-state index in [0.717, 1.165) is 0 Å². The molecule has 1 heterocycles. The van der Waals surface area contributed by atoms with Gasteiger partial charge in [-0.25, -0.2) is 4.79 Å². The van der Waals surface area contributed by atoms with Crippen molar-refractivity contribution >= 4 is 17.9 Å². The monoisotopic (exact) mass is 421 g/mol. The van der Waals surface area contributed by atoms with Gasteiger partial charge in [-0.2, -0.15) is 0 Å². The molecule has 3 N–H and O–H groups in total. The van der Waals surface area contributed by atoms with Crippen molar-refractivity contribution in [3.8, 4) is 11.5 Å². The molecule has 30 heavy (non-hydrogen) atoms. The van der Waals surface area contributed by atoms with Crippen LogP contribution in [0.5, 0.6) is 11.5 Å². The van der Waals surface area contributed by atoms with Gasteiger partial charge >= 0.3 is 6.09 Å². The van der Waals surface area contributed by atoms with Gasteiger partial charge in [0, 0.05) is 19.1 Å². The smallest absolute Gasteiger partial charge is 0.408 e. The summed E-state index contributed by atoms with van der Waals surface area (Å²) in [5.41, 5.74) is -0.618. The number of rotatable bonds is 6. The minimum absolute atomic E-state index is 0.0498. The van der Waals surface area contributed by atoms with Gasteiger partial charge in [-0.1, -0.05) is 0 Å². The first-order valence-electron chi connectivity index (χ1n) is 10.0. The van der Waals surface area contributed by atoms with Gasteiger partial charge in [-0.05, 0) is 64.8 Å². The number of phenolic OH excluding ortho intramolecular Hbond substituents is 1. The van der Waals surface area contributed by atoms with Gasteiger partial charge in [0.05, 0.1) is 0 Å². The highest BCUT2D eigenvalue weighted by atomic mass is 16.6. The topological polar surface area (TPSA) is 117 Å². The number of phenols is 1. The first kappa shape index (κ1) is 23.3. The number of nitrogens with zero attached hydrogens (tertiary/aromatic N) is 1. The van der Waals surface area contributed by atoms with Crippen molar-refractivity contribution in [2.75, 3.05) is 19.6 Å². The molecule has 1 fully saturated rings. The molecule has 0 radical (unpaired) electrons. The number of carbonyl (C=O) groups is 3. The number of hydrogen-bond acceptors (Lipinski definition) is 6. The number of nitrogens with one attached hydrogen (secondary N) is 2. The number of amides is 3. The maximum absolute atomic E-state index is 12.4. The van der Waals surface area contributed by atoms with E-state index < -0.39 is 17.8 Å². The van der Waals surface area contributed by atoms with E-state index in [2.05, 4.69) is 10.6 Å². The molecule has 1 aromatic carbocycles. The number of likely N-dealkylation sites (tertiary alicyclic amines) is 1. The van der Waals surface area contributed by atoms with Gasteiger partial charge in [0.1, 0.15) is 23.6 Å². The van der Waals surface area contributed by atoms with E-state index >= 15 is 0 Å². The predicted octanol–water partition coefficient (Wildman–Crippen LogP) is 1.79. The van der Waals surface area contributed by atoms with Crippen molar-refractivity contribution in [2.24, 2.45) is 0 Å². The summed E-state index contributed by atoms with van der Waals surface area (Å²) in [6.45, 7) is 7.78. The van der Waals surface area contributed by atoms with Crippen molar-refractivity contribution in [2.45, 2.75) is 58.3 Å². The lowest BCUT2D eigenvalue weighted by atomic mass is 10.0.